The molecule has 14 heavy (non-hydrogen) atoms. The standard InChI is InChI=1S/C10H16O4/c1-7(2)6-8(3)14-10(13)5-4-9(11)12/h6,8H,4-5H2,1-3H3,(H,11,12). The first-order chi connectivity index (χ1) is 6.41. The highest BCUT2D eigenvalue weighted by Gasteiger charge is 2.09. The van der Waals surface area contributed by atoms with E-state index in [9.17, 15) is 9.59 Å². The van der Waals surface area contributed by atoms with Crippen molar-refractivity contribution in [3.8, 4) is 0 Å². The van der Waals surface area contributed by atoms with Gasteiger partial charge in [0.15, 0.2) is 0 Å². The Kier molecular flexibility index (Phi) is 5.60. The minimum atomic E-state index is -0.989. The minimum Gasteiger partial charge on any atom is -0.481 e. The monoisotopic (exact) mass is 200 g/mol. The molecule has 4 heteroatoms. The van der Waals surface area contributed by atoms with Gasteiger partial charge in [-0.05, 0) is 26.8 Å². The zero-order valence-electron chi connectivity index (χ0n) is 8.74. The Morgan fingerprint density at radius 1 is 1.36 bits per heavy atom. The summed E-state index contributed by atoms with van der Waals surface area (Å²) in [6, 6.07) is 0. The lowest BCUT2D eigenvalue weighted by molar-refractivity contribution is -0.149. The van der Waals surface area contributed by atoms with Crippen LogP contribution in [-0.4, -0.2) is 23.1 Å². The van der Waals surface area contributed by atoms with E-state index in [1.54, 1.807) is 13.0 Å². The van der Waals surface area contributed by atoms with Crippen LogP contribution in [0.5, 0.6) is 0 Å². The molecule has 1 atom stereocenters. The molecule has 0 aliphatic carbocycles. The predicted molar refractivity (Wildman–Crippen MR) is 51.9 cm³/mol. The van der Waals surface area contributed by atoms with Crippen LogP contribution >= 0.6 is 0 Å². The topological polar surface area (TPSA) is 63.6 Å². The Morgan fingerprint density at radius 3 is 2.36 bits per heavy atom. The van der Waals surface area contributed by atoms with Gasteiger partial charge in [0, 0.05) is 0 Å². The number of hydrogen-bond donors (Lipinski definition) is 1. The van der Waals surface area contributed by atoms with Gasteiger partial charge in [-0.15, -0.1) is 0 Å². The molecule has 0 amide bonds. The third-order valence-electron chi connectivity index (χ3n) is 1.43. The van der Waals surface area contributed by atoms with E-state index in [2.05, 4.69) is 0 Å². The number of carboxylic acid groups (broad SMARTS) is 1. The molecule has 0 aliphatic heterocycles. The molecule has 0 heterocycles. The number of esters is 1. The van der Waals surface area contributed by atoms with Crippen molar-refractivity contribution in [2.24, 2.45) is 0 Å². The maximum Gasteiger partial charge on any atom is 0.306 e. The lowest BCUT2D eigenvalue weighted by Crippen LogP contribution is -2.14. The van der Waals surface area contributed by atoms with Crippen molar-refractivity contribution < 1.29 is 19.4 Å². The van der Waals surface area contributed by atoms with Gasteiger partial charge in [0.1, 0.15) is 6.10 Å². The van der Waals surface area contributed by atoms with Gasteiger partial charge in [-0.1, -0.05) is 5.57 Å². The van der Waals surface area contributed by atoms with Gasteiger partial charge in [-0.2, -0.15) is 0 Å². The Labute approximate surface area is 83.6 Å². The van der Waals surface area contributed by atoms with Crippen LogP contribution < -0.4 is 0 Å². The second kappa shape index (κ2) is 6.18. The Hall–Kier alpha value is -1.32. The summed E-state index contributed by atoms with van der Waals surface area (Å²) in [6.45, 7) is 5.55. The van der Waals surface area contributed by atoms with E-state index in [1.165, 1.54) is 0 Å². The molecule has 0 aromatic rings. The van der Waals surface area contributed by atoms with E-state index < -0.39 is 11.9 Å². The van der Waals surface area contributed by atoms with Gasteiger partial charge in [0.05, 0.1) is 12.8 Å². The Bertz CT molecular complexity index is 239. The number of carbonyl (C=O) groups is 2. The fourth-order valence-corrected chi connectivity index (χ4v) is 0.979. The number of aliphatic carboxylic acids is 1. The molecular weight excluding hydrogens is 184 g/mol. The van der Waals surface area contributed by atoms with Crippen LogP contribution in [0.4, 0.5) is 0 Å². The number of rotatable bonds is 5. The quantitative estimate of drug-likeness (QED) is 0.542. The van der Waals surface area contributed by atoms with Crippen LogP contribution in [0.2, 0.25) is 0 Å². The van der Waals surface area contributed by atoms with Crippen molar-refractivity contribution in [3.63, 3.8) is 0 Å². The van der Waals surface area contributed by atoms with Crippen LogP contribution in [0.1, 0.15) is 33.6 Å². The summed E-state index contributed by atoms with van der Waals surface area (Å²) in [5.74, 6) is -1.46. The first kappa shape index (κ1) is 12.7. The van der Waals surface area contributed by atoms with E-state index in [1.807, 2.05) is 13.8 Å². The third-order valence-corrected chi connectivity index (χ3v) is 1.43. The van der Waals surface area contributed by atoms with Crippen molar-refractivity contribution in [3.05, 3.63) is 11.6 Å². The normalized spacial score (nSPS) is 11.6. The molecule has 0 spiro atoms. The van der Waals surface area contributed by atoms with Crippen molar-refractivity contribution in [2.75, 3.05) is 0 Å². The highest BCUT2D eigenvalue weighted by atomic mass is 16.5. The zero-order valence-corrected chi connectivity index (χ0v) is 8.74. The summed E-state index contributed by atoms with van der Waals surface area (Å²) >= 11 is 0. The van der Waals surface area contributed by atoms with Gasteiger partial charge in [-0.3, -0.25) is 9.59 Å². The van der Waals surface area contributed by atoms with Crippen LogP contribution in [0, 0.1) is 0 Å². The van der Waals surface area contributed by atoms with E-state index in [-0.39, 0.29) is 18.9 Å². The number of ether oxygens (including phenoxy) is 1. The number of carbonyl (C=O) groups excluding carboxylic acids is 1. The molecule has 0 rings (SSSR count). The maximum absolute atomic E-state index is 11.0. The summed E-state index contributed by atoms with van der Waals surface area (Å²) in [7, 11) is 0. The van der Waals surface area contributed by atoms with E-state index in [0.717, 1.165) is 5.57 Å². The average molecular weight is 200 g/mol. The van der Waals surface area contributed by atoms with Crippen molar-refractivity contribution in [1.29, 1.82) is 0 Å². The van der Waals surface area contributed by atoms with Crippen molar-refractivity contribution in [1.82, 2.24) is 0 Å². The Morgan fingerprint density at radius 2 is 1.93 bits per heavy atom. The van der Waals surface area contributed by atoms with Crippen LogP contribution in [0.15, 0.2) is 11.6 Å². The van der Waals surface area contributed by atoms with Crippen LogP contribution in [-0.2, 0) is 14.3 Å². The maximum atomic E-state index is 11.0. The fraction of sp³-hybridized carbons (Fsp3) is 0.600. The van der Waals surface area contributed by atoms with Crippen molar-refractivity contribution in [2.45, 2.75) is 39.7 Å². The van der Waals surface area contributed by atoms with Gasteiger partial charge >= 0.3 is 11.9 Å². The number of hydrogen-bond acceptors (Lipinski definition) is 3. The Balaban J connectivity index is 3.83. The number of carboxylic acids is 1. The molecular formula is C10H16O4. The zero-order chi connectivity index (χ0) is 11.1. The molecule has 4 nitrogen and oxygen atoms in total. The largest absolute Gasteiger partial charge is 0.481 e. The highest BCUT2D eigenvalue weighted by molar-refractivity contribution is 5.76. The molecule has 0 aromatic heterocycles. The van der Waals surface area contributed by atoms with Crippen LogP contribution in [0.25, 0.3) is 0 Å². The van der Waals surface area contributed by atoms with E-state index >= 15 is 0 Å². The summed E-state index contributed by atoms with van der Waals surface area (Å²) in [5, 5.41) is 8.32. The third kappa shape index (κ3) is 7.34. The molecule has 0 radical (unpaired) electrons. The second-order valence-electron chi connectivity index (χ2n) is 3.33. The van der Waals surface area contributed by atoms with Gasteiger partial charge in [0.2, 0.25) is 0 Å². The molecule has 80 valence electrons. The molecule has 0 aliphatic rings. The molecule has 0 aromatic carbocycles. The van der Waals surface area contributed by atoms with Gasteiger partial charge in [0.25, 0.3) is 0 Å². The lowest BCUT2D eigenvalue weighted by Gasteiger charge is -2.08. The second-order valence-corrected chi connectivity index (χ2v) is 3.33. The molecule has 0 fully saturated rings. The average Bonchev–Trinajstić information content (AvgIpc) is 1.98. The smallest absolute Gasteiger partial charge is 0.306 e. The highest BCUT2D eigenvalue weighted by Crippen LogP contribution is 2.02. The summed E-state index contributed by atoms with van der Waals surface area (Å²) < 4.78 is 4.93. The van der Waals surface area contributed by atoms with Crippen LogP contribution in [0.3, 0.4) is 0 Å². The summed E-state index contributed by atoms with van der Waals surface area (Å²) in [5.41, 5.74) is 1.06. The fourth-order valence-electron chi connectivity index (χ4n) is 0.979. The van der Waals surface area contributed by atoms with Crippen molar-refractivity contribution >= 4 is 11.9 Å². The summed E-state index contributed by atoms with van der Waals surface area (Å²) in [4.78, 5) is 21.2. The predicted octanol–water partition coefficient (Wildman–Crippen LogP) is 1.75. The van der Waals surface area contributed by atoms with E-state index in [0.29, 0.717) is 0 Å². The first-order valence-corrected chi connectivity index (χ1v) is 4.48. The lowest BCUT2D eigenvalue weighted by atomic mass is 10.2. The number of allylic oxidation sites excluding steroid dienone is 1. The molecule has 1 N–H and O–H groups in total. The molecule has 1 unspecified atom stereocenters. The summed E-state index contributed by atoms with van der Waals surface area (Å²) in [6.07, 6.45) is 1.26. The first-order valence-electron chi connectivity index (χ1n) is 4.48. The van der Waals surface area contributed by atoms with Gasteiger partial charge < -0.3 is 9.84 Å². The van der Waals surface area contributed by atoms with E-state index in [4.69, 9.17) is 9.84 Å². The van der Waals surface area contributed by atoms with Gasteiger partial charge in [-0.25, -0.2) is 0 Å². The SMILES string of the molecule is CC(C)=CC(C)OC(=O)CCC(=O)O. The molecule has 0 bridgehead atoms. The molecule has 0 saturated heterocycles. The minimum absolute atomic E-state index is 0.0731. The molecule has 0 saturated carbocycles.